The zero-order chi connectivity index (χ0) is 16.7. The molecule has 0 N–H and O–H groups in total. The molecule has 0 radical (unpaired) electrons. The maximum atomic E-state index is 12.6. The molecule has 1 saturated heterocycles. The number of piperazine rings is 1. The van der Waals surface area contributed by atoms with E-state index in [-0.39, 0.29) is 5.91 Å². The molecule has 2 fully saturated rings. The molecule has 1 amide bonds. The van der Waals surface area contributed by atoms with Crippen LogP contribution in [-0.4, -0.2) is 42.1 Å². The van der Waals surface area contributed by atoms with E-state index in [1.807, 2.05) is 11.0 Å². The van der Waals surface area contributed by atoms with E-state index in [9.17, 15) is 4.79 Å². The SMILES string of the molecule is Cc1ccc(C)c(N2CCN(C(=O)c3cc(C4CC4)on3)CC2)c1. The lowest BCUT2D eigenvalue weighted by molar-refractivity contribution is 0.0736. The van der Waals surface area contributed by atoms with Crippen molar-refractivity contribution in [2.45, 2.75) is 32.6 Å². The van der Waals surface area contributed by atoms with Crippen molar-refractivity contribution in [2.24, 2.45) is 0 Å². The number of benzene rings is 1. The minimum Gasteiger partial charge on any atom is -0.368 e. The third kappa shape index (κ3) is 2.90. The third-order valence-electron chi connectivity index (χ3n) is 5.00. The first-order valence-electron chi connectivity index (χ1n) is 8.70. The summed E-state index contributed by atoms with van der Waals surface area (Å²) in [4.78, 5) is 16.9. The second-order valence-corrected chi connectivity index (χ2v) is 6.96. The molecule has 2 aliphatic rings. The number of anilines is 1. The molecule has 4 rings (SSSR count). The molecule has 1 aliphatic carbocycles. The van der Waals surface area contributed by atoms with Gasteiger partial charge in [-0.15, -0.1) is 0 Å². The van der Waals surface area contributed by atoms with Crippen LogP contribution in [-0.2, 0) is 0 Å². The van der Waals surface area contributed by atoms with Gasteiger partial charge in [0.2, 0.25) is 0 Å². The monoisotopic (exact) mass is 325 g/mol. The summed E-state index contributed by atoms with van der Waals surface area (Å²) in [7, 11) is 0. The lowest BCUT2D eigenvalue weighted by Crippen LogP contribution is -2.49. The second-order valence-electron chi connectivity index (χ2n) is 6.96. The highest BCUT2D eigenvalue weighted by Crippen LogP contribution is 2.40. The van der Waals surface area contributed by atoms with Gasteiger partial charge in [0, 0.05) is 43.9 Å². The van der Waals surface area contributed by atoms with Crippen molar-refractivity contribution in [3.05, 3.63) is 46.8 Å². The van der Waals surface area contributed by atoms with Crippen molar-refractivity contribution < 1.29 is 9.32 Å². The molecule has 1 aliphatic heterocycles. The van der Waals surface area contributed by atoms with Crippen LogP contribution in [0.2, 0.25) is 0 Å². The molecule has 0 spiro atoms. The Morgan fingerprint density at radius 2 is 1.88 bits per heavy atom. The van der Waals surface area contributed by atoms with Gasteiger partial charge in [0.05, 0.1) is 0 Å². The lowest BCUT2D eigenvalue weighted by atomic mass is 10.1. The minimum atomic E-state index is -0.00809. The quantitative estimate of drug-likeness (QED) is 0.870. The number of aromatic nitrogens is 1. The van der Waals surface area contributed by atoms with Crippen LogP contribution >= 0.6 is 0 Å². The first-order valence-corrected chi connectivity index (χ1v) is 8.70. The standard InChI is InChI=1S/C19H23N3O2/c1-13-3-4-14(2)17(11-13)21-7-9-22(10-8-21)19(23)16-12-18(24-20-16)15-5-6-15/h3-4,11-12,15H,5-10H2,1-2H3. The Labute approximate surface area is 142 Å². The van der Waals surface area contributed by atoms with Crippen molar-refractivity contribution in [3.8, 4) is 0 Å². The Morgan fingerprint density at radius 1 is 1.12 bits per heavy atom. The van der Waals surface area contributed by atoms with E-state index in [2.05, 4.69) is 42.1 Å². The number of rotatable bonds is 3. The van der Waals surface area contributed by atoms with Crippen molar-refractivity contribution in [1.29, 1.82) is 0 Å². The Morgan fingerprint density at radius 3 is 2.58 bits per heavy atom. The first kappa shape index (κ1) is 15.2. The molecule has 2 heterocycles. The summed E-state index contributed by atoms with van der Waals surface area (Å²) in [5.41, 5.74) is 4.28. The van der Waals surface area contributed by atoms with Gasteiger partial charge in [0.1, 0.15) is 5.76 Å². The highest BCUT2D eigenvalue weighted by Gasteiger charge is 2.30. The maximum absolute atomic E-state index is 12.6. The van der Waals surface area contributed by atoms with Gasteiger partial charge in [0.25, 0.3) is 5.91 Å². The number of carbonyl (C=O) groups is 1. The Balaban J connectivity index is 1.41. The predicted molar refractivity (Wildman–Crippen MR) is 92.5 cm³/mol. The van der Waals surface area contributed by atoms with Crippen LogP contribution in [0.25, 0.3) is 0 Å². The molecular weight excluding hydrogens is 302 g/mol. The largest absolute Gasteiger partial charge is 0.368 e. The minimum absolute atomic E-state index is 0.00809. The van der Waals surface area contributed by atoms with Gasteiger partial charge in [-0.1, -0.05) is 17.3 Å². The Hall–Kier alpha value is -2.30. The average Bonchev–Trinajstić information content (AvgIpc) is 3.34. The first-order chi connectivity index (χ1) is 11.6. The predicted octanol–water partition coefficient (Wildman–Crippen LogP) is 3.13. The fraction of sp³-hybridized carbons (Fsp3) is 0.474. The van der Waals surface area contributed by atoms with E-state index in [0.29, 0.717) is 11.6 Å². The lowest BCUT2D eigenvalue weighted by Gasteiger charge is -2.36. The summed E-state index contributed by atoms with van der Waals surface area (Å²) < 4.78 is 5.31. The third-order valence-corrected chi connectivity index (χ3v) is 5.00. The zero-order valence-electron chi connectivity index (χ0n) is 14.3. The molecule has 24 heavy (non-hydrogen) atoms. The number of nitrogens with zero attached hydrogens (tertiary/aromatic N) is 3. The smallest absolute Gasteiger partial charge is 0.276 e. The molecule has 0 atom stereocenters. The van der Waals surface area contributed by atoms with Crippen LogP contribution in [0, 0.1) is 13.8 Å². The van der Waals surface area contributed by atoms with Gasteiger partial charge in [-0.2, -0.15) is 0 Å². The van der Waals surface area contributed by atoms with Crippen LogP contribution in [0.4, 0.5) is 5.69 Å². The zero-order valence-corrected chi connectivity index (χ0v) is 14.3. The normalized spacial score (nSPS) is 18.1. The van der Waals surface area contributed by atoms with Crippen LogP contribution in [0.1, 0.15) is 46.1 Å². The highest BCUT2D eigenvalue weighted by atomic mass is 16.5. The van der Waals surface area contributed by atoms with Crippen LogP contribution in [0.15, 0.2) is 28.8 Å². The average molecular weight is 325 g/mol. The molecule has 2 aromatic rings. The van der Waals surface area contributed by atoms with Crippen LogP contribution in [0.5, 0.6) is 0 Å². The van der Waals surface area contributed by atoms with Gasteiger partial charge in [-0.05, 0) is 43.9 Å². The molecule has 0 bridgehead atoms. The van der Waals surface area contributed by atoms with E-state index in [0.717, 1.165) is 44.8 Å². The number of amides is 1. The summed E-state index contributed by atoms with van der Waals surface area (Å²) in [6.45, 7) is 7.40. The van der Waals surface area contributed by atoms with Crippen LogP contribution in [0.3, 0.4) is 0 Å². The van der Waals surface area contributed by atoms with E-state index in [1.54, 1.807) is 0 Å². The summed E-state index contributed by atoms with van der Waals surface area (Å²) in [5, 5.41) is 3.98. The summed E-state index contributed by atoms with van der Waals surface area (Å²) in [6.07, 6.45) is 2.30. The Bertz CT molecular complexity index is 756. The number of carbonyl (C=O) groups excluding carboxylic acids is 1. The molecule has 0 unspecified atom stereocenters. The number of hydrogen-bond donors (Lipinski definition) is 0. The Kier molecular flexibility index (Phi) is 3.79. The number of hydrogen-bond acceptors (Lipinski definition) is 4. The summed E-state index contributed by atoms with van der Waals surface area (Å²) >= 11 is 0. The van der Waals surface area contributed by atoms with Gasteiger partial charge < -0.3 is 14.3 Å². The van der Waals surface area contributed by atoms with E-state index >= 15 is 0 Å². The summed E-state index contributed by atoms with van der Waals surface area (Å²) in [5.74, 6) is 1.35. The molecule has 1 aromatic carbocycles. The molecule has 5 nitrogen and oxygen atoms in total. The maximum Gasteiger partial charge on any atom is 0.276 e. The number of aryl methyl sites for hydroxylation is 2. The van der Waals surface area contributed by atoms with E-state index < -0.39 is 0 Å². The molecule has 5 heteroatoms. The molecular formula is C19H23N3O2. The van der Waals surface area contributed by atoms with Crippen molar-refractivity contribution >= 4 is 11.6 Å². The van der Waals surface area contributed by atoms with Crippen LogP contribution < -0.4 is 4.90 Å². The van der Waals surface area contributed by atoms with E-state index in [1.165, 1.54) is 16.8 Å². The molecule has 126 valence electrons. The molecule has 1 aromatic heterocycles. The second kappa shape index (κ2) is 5.96. The van der Waals surface area contributed by atoms with E-state index in [4.69, 9.17) is 4.52 Å². The van der Waals surface area contributed by atoms with Crippen molar-refractivity contribution in [2.75, 3.05) is 31.1 Å². The fourth-order valence-electron chi connectivity index (χ4n) is 3.32. The van der Waals surface area contributed by atoms with Gasteiger partial charge in [-0.3, -0.25) is 4.79 Å². The van der Waals surface area contributed by atoms with Crippen molar-refractivity contribution in [3.63, 3.8) is 0 Å². The van der Waals surface area contributed by atoms with Gasteiger partial charge in [-0.25, -0.2) is 0 Å². The van der Waals surface area contributed by atoms with Gasteiger partial charge >= 0.3 is 0 Å². The topological polar surface area (TPSA) is 49.6 Å². The van der Waals surface area contributed by atoms with Crippen molar-refractivity contribution in [1.82, 2.24) is 10.1 Å². The molecule has 1 saturated carbocycles. The fourth-order valence-corrected chi connectivity index (χ4v) is 3.32. The summed E-state index contributed by atoms with van der Waals surface area (Å²) in [6, 6.07) is 8.36. The highest BCUT2D eigenvalue weighted by molar-refractivity contribution is 5.92. The van der Waals surface area contributed by atoms with Gasteiger partial charge in [0.15, 0.2) is 5.69 Å².